The van der Waals surface area contributed by atoms with Gasteiger partial charge in [-0.1, -0.05) is 37.3 Å². The molecule has 4 rings (SSSR count). The van der Waals surface area contributed by atoms with E-state index in [0.717, 1.165) is 29.7 Å². The highest BCUT2D eigenvalue weighted by Crippen LogP contribution is 2.26. The number of rotatable bonds is 8. The van der Waals surface area contributed by atoms with Crippen LogP contribution in [0.4, 0.5) is 4.39 Å². The molecule has 1 fully saturated rings. The fourth-order valence-corrected chi connectivity index (χ4v) is 4.20. The molecule has 0 aliphatic carbocycles. The molecule has 1 saturated heterocycles. The van der Waals surface area contributed by atoms with Gasteiger partial charge in [0.15, 0.2) is 0 Å². The molecule has 1 unspecified atom stereocenters. The average Bonchev–Trinajstić information content (AvgIpc) is 3.21. The van der Waals surface area contributed by atoms with E-state index in [1.165, 1.54) is 12.1 Å². The molecule has 1 aliphatic heterocycles. The number of carbonyl (C=O) groups is 2. The van der Waals surface area contributed by atoms with Crippen LogP contribution in [0.25, 0.3) is 11.4 Å². The van der Waals surface area contributed by atoms with Crippen LogP contribution in [0.2, 0.25) is 0 Å². The summed E-state index contributed by atoms with van der Waals surface area (Å²) in [5.74, 6) is -0.129. The van der Waals surface area contributed by atoms with Gasteiger partial charge in [-0.05, 0) is 49.1 Å². The highest BCUT2D eigenvalue weighted by Gasteiger charge is 2.25. The van der Waals surface area contributed by atoms with E-state index in [1.54, 1.807) is 12.1 Å². The van der Waals surface area contributed by atoms with Crippen molar-refractivity contribution in [3.05, 3.63) is 77.4 Å². The van der Waals surface area contributed by atoms with Crippen molar-refractivity contribution in [3.8, 4) is 11.4 Å². The first-order chi connectivity index (χ1) is 16.0. The van der Waals surface area contributed by atoms with Gasteiger partial charge in [0.25, 0.3) is 5.91 Å². The Morgan fingerprint density at radius 3 is 2.64 bits per heavy atom. The van der Waals surface area contributed by atoms with Gasteiger partial charge in [0.1, 0.15) is 23.4 Å². The lowest BCUT2D eigenvalue weighted by molar-refractivity contribution is -0.154. The first kappa shape index (κ1) is 22.7. The molecule has 0 radical (unpaired) electrons. The summed E-state index contributed by atoms with van der Waals surface area (Å²) in [5, 5.41) is 2.96. The highest BCUT2D eigenvalue weighted by molar-refractivity contribution is 5.94. The van der Waals surface area contributed by atoms with Crippen molar-refractivity contribution in [1.29, 1.82) is 0 Å². The van der Waals surface area contributed by atoms with Crippen LogP contribution >= 0.6 is 0 Å². The third kappa shape index (κ3) is 5.48. The summed E-state index contributed by atoms with van der Waals surface area (Å²) in [7, 11) is 0. The molecular formula is C26H28FN3O3. The van der Waals surface area contributed by atoms with Gasteiger partial charge >= 0.3 is 5.97 Å². The van der Waals surface area contributed by atoms with E-state index in [0.29, 0.717) is 43.9 Å². The van der Waals surface area contributed by atoms with Gasteiger partial charge in [0, 0.05) is 31.5 Å². The van der Waals surface area contributed by atoms with E-state index in [1.807, 2.05) is 41.8 Å². The SMILES string of the molecule is CCc1c(C(=O)NCc2ccccc2)nc(-c2ccc(F)cc2)n1CCC1CCCC(=O)O1. The Morgan fingerprint density at radius 2 is 1.94 bits per heavy atom. The number of hydrogen-bond donors (Lipinski definition) is 1. The molecular weight excluding hydrogens is 421 g/mol. The van der Waals surface area contributed by atoms with Crippen molar-refractivity contribution in [3.63, 3.8) is 0 Å². The molecule has 6 nitrogen and oxygen atoms in total. The van der Waals surface area contributed by atoms with Crippen LogP contribution in [0.3, 0.4) is 0 Å². The van der Waals surface area contributed by atoms with Crippen LogP contribution in [-0.2, 0) is 29.0 Å². The minimum Gasteiger partial charge on any atom is -0.462 e. The minimum atomic E-state index is -0.331. The maximum Gasteiger partial charge on any atom is 0.306 e. The van der Waals surface area contributed by atoms with Gasteiger partial charge in [0.2, 0.25) is 0 Å². The fraction of sp³-hybridized carbons (Fsp3) is 0.346. The molecule has 172 valence electrons. The number of carbonyl (C=O) groups excluding carboxylic acids is 2. The Hall–Kier alpha value is -3.48. The second-order valence-electron chi connectivity index (χ2n) is 8.20. The molecule has 2 aromatic carbocycles. The highest BCUT2D eigenvalue weighted by atomic mass is 19.1. The Labute approximate surface area is 192 Å². The number of nitrogens with zero attached hydrogens (tertiary/aromatic N) is 2. The van der Waals surface area contributed by atoms with Gasteiger partial charge in [0.05, 0.1) is 5.69 Å². The Kier molecular flexibility index (Phi) is 7.17. The zero-order valence-electron chi connectivity index (χ0n) is 18.7. The molecule has 3 aromatic rings. The number of amides is 1. The molecule has 2 heterocycles. The van der Waals surface area contributed by atoms with Crippen molar-refractivity contribution in [2.75, 3.05) is 0 Å². The summed E-state index contributed by atoms with van der Waals surface area (Å²) in [6.45, 7) is 2.93. The van der Waals surface area contributed by atoms with Gasteiger partial charge < -0.3 is 14.6 Å². The number of aromatic nitrogens is 2. The summed E-state index contributed by atoms with van der Waals surface area (Å²) in [6, 6.07) is 15.8. The Bertz CT molecular complexity index is 1110. The molecule has 7 heteroatoms. The van der Waals surface area contributed by atoms with Crippen LogP contribution in [0.5, 0.6) is 0 Å². The number of nitrogens with one attached hydrogen (secondary N) is 1. The molecule has 1 amide bonds. The third-order valence-electron chi connectivity index (χ3n) is 5.90. The summed E-state index contributed by atoms with van der Waals surface area (Å²) in [6.07, 6.45) is 3.22. The summed E-state index contributed by atoms with van der Waals surface area (Å²) in [5.41, 5.74) is 2.91. The number of imidazole rings is 1. The van der Waals surface area contributed by atoms with E-state index in [9.17, 15) is 14.0 Å². The maximum absolute atomic E-state index is 13.5. The Morgan fingerprint density at radius 1 is 1.18 bits per heavy atom. The lowest BCUT2D eigenvalue weighted by Gasteiger charge is -2.23. The summed E-state index contributed by atoms with van der Waals surface area (Å²) >= 11 is 0. The summed E-state index contributed by atoms with van der Waals surface area (Å²) < 4.78 is 21.0. The number of cyclic esters (lactones) is 1. The normalized spacial score (nSPS) is 15.8. The first-order valence-electron chi connectivity index (χ1n) is 11.4. The molecule has 0 bridgehead atoms. The fourth-order valence-electron chi connectivity index (χ4n) is 4.20. The van der Waals surface area contributed by atoms with E-state index in [4.69, 9.17) is 9.72 Å². The van der Waals surface area contributed by atoms with E-state index in [2.05, 4.69) is 5.32 Å². The molecule has 0 saturated carbocycles. The van der Waals surface area contributed by atoms with E-state index in [-0.39, 0.29) is 23.8 Å². The van der Waals surface area contributed by atoms with Crippen LogP contribution < -0.4 is 5.32 Å². The minimum absolute atomic E-state index is 0.144. The number of benzene rings is 2. The van der Waals surface area contributed by atoms with Crippen LogP contribution in [0.1, 0.15) is 54.4 Å². The number of hydrogen-bond acceptors (Lipinski definition) is 4. The molecule has 33 heavy (non-hydrogen) atoms. The molecule has 1 atom stereocenters. The van der Waals surface area contributed by atoms with Crippen molar-refractivity contribution < 1.29 is 18.7 Å². The zero-order valence-corrected chi connectivity index (χ0v) is 18.7. The lowest BCUT2D eigenvalue weighted by atomic mass is 10.1. The van der Waals surface area contributed by atoms with Crippen molar-refractivity contribution in [1.82, 2.24) is 14.9 Å². The quantitative estimate of drug-likeness (QED) is 0.508. The number of halogens is 1. The predicted molar refractivity (Wildman–Crippen MR) is 123 cm³/mol. The lowest BCUT2D eigenvalue weighted by Crippen LogP contribution is -2.26. The largest absolute Gasteiger partial charge is 0.462 e. The van der Waals surface area contributed by atoms with Crippen molar-refractivity contribution in [2.45, 2.75) is 58.2 Å². The van der Waals surface area contributed by atoms with Gasteiger partial charge in [-0.3, -0.25) is 9.59 Å². The maximum atomic E-state index is 13.5. The van der Waals surface area contributed by atoms with Crippen LogP contribution in [0.15, 0.2) is 54.6 Å². The predicted octanol–water partition coefficient (Wildman–Crippen LogP) is 4.67. The second kappa shape index (κ2) is 10.4. The molecule has 1 aliphatic rings. The number of esters is 1. The number of ether oxygens (including phenoxy) is 1. The van der Waals surface area contributed by atoms with Gasteiger partial charge in [-0.15, -0.1) is 0 Å². The molecule has 1 N–H and O–H groups in total. The Balaban J connectivity index is 1.62. The standard InChI is InChI=1S/C26H28FN3O3/c1-2-22-24(26(32)28-17-18-7-4-3-5-8-18)29-25(19-11-13-20(27)14-12-19)30(22)16-15-21-9-6-10-23(31)33-21/h3-5,7-8,11-14,21H,2,6,9-10,15-17H2,1H3,(H,28,32). The topological polar surface area (TPSA) is 73.2 Å². The monoisotopic (exact) mass is 449 g/mol. The van der Waals surface area contributed by atoms with Crippen molar-refractivity contribution >= 4 is 11.9 Å². The molecule has 0 spiro atoms. The first-order valence-corrected chi connectivity index (χ1v) is 11.4. The zero-order chi connectivity index (χ0) is 23.2. The molecule has 1 aromatic heterocycles. The second-order valence-corrected chi connectivity index (χ2v) is 8.20. The van der Waals surface area contributed by atoms with E-state index < -0.39 is 0 Å². The smallest absolute Gasteiger partial charge is 0.306 e. The van der Waals surface area contributed by atoms with Crippen LogP contribution in [-0.4, -0.2) is 27.5 Å². The third-order valence-corrected chi connectivity index (χ3v) is 5.90. The summed E-state index contributed by atoms with van der Waals surface area (Å²) in [4.78, 5) is 29.5. The van der Waals surface area contributed by atoms with Gasteiger partial charge in [-0.25, -0.2) is 9.37 Å². The van der Waals surface area contributed by atoms with Crippen LogP contribution in [0, 0.1) is 5.82 Å². The van der Waals surface area contributed by atoms with Gasteiger partial charge in [-0.2, -0.15) is 0 Å². The van der Waals surface area contributed by atoms with E-state index >= 15 is 0 Å². The van der Waals surface area contributed by atoms with Crippen molar-refractivity contribution in [2.24, 2.45) is 0 Å². The average molecular weight is 450 g/mol.